The molecule has 0 aliphatic carbocycles. The fourth-order valence-electron chi connectivity index (χ4n) is 2.32. The summed E-state index contributed by atoms with van der Waals surface area (Å²) in [4.78, 5) is 20.7. The van der Waals surface area contributed by atoms with Gasteiger partial charge in [-0.2, -0.15) is 0 Å². The number of hydrogen-bond donors (Lipinski definition) is 2. The highest BCUT2D eigenvalue weighted by Gasteiger charge is 2.11. The van der Waals surface area contributed by atoms with Crippen LogP contribution in [0.4, 0.5) is 17.2 Å². The number of nitrogens with zero attached hydrogens (tertiary/aromatic N) is 2. The summed E-state index contributed by atoms with van der Waals surface area (Å²) in [5.74, 6) is 0.838. The SMILES string of the molecule is CC(C)Oc1ccccc1Nc1cnc(C(=O)Nc2ccccc2Cl)cn1. The lowest BCUT2D eigenvalue weighted by atomic mass is 10.3. The number of halogens is 1. The van der Waals surface area contributed by atoms with Gasteiger partial charge in [-0.05, 0) is 38.1 Å². The normalized spacial score (nSPS) is 10.5. The van der Waals surface area contributed by atoms with Gasteiger partial charge in [0, 0.05) is 0 Å². The van der Waals surface area contributed by atoms with Gasteiger partial charge in [0.25, 0.3) is 5.91 Å². The van der Waals surface area contributed by atoms with Crippen LogP contribution in [0.25, 0.3) is 0 Å². The van der Waals surface area contributed by atoms with Crippen molar-refractivity contribution in [3.05, 3.63) is 71.6 Å². The minimum Gasteiger partial charge on any atom is -0.489 e. The standard InChI is InChI=1S/C20H19ClN4O2/c1-13(2)27-18-10-6-5-9-16(18)24-19-12-22-17(11-23-19)20(26)25-15-8-4-3-7-14(15)21/h3-13H,1-2H3,(H,23,24)(H,25,26). The molecule has 1 heterocycles. The van der Waals surface area contributed by atoms with Gasteiger partial charge in [-0.25, -0.2) is 9.97 Å². The number of hydrogen-bond acceptors (Lipinski definition) is 5. The number of amides is 1. The molecule has 0 aliphatic heterocycles. The lowest BCUT2D eigenvalue weighted by Gasteiger charge is -2.15. The first-order valence-corrected chi connectivity index (χ1v) is 8.81. The van der Waals surface area contributed by atoms with E-state index in [0.717, 1.165) is 11.4 Å². The number of carbonyl (C=O) groups excluding carboxylic acids is 1. The lowest BCUT2D eigenvalue weighted by molar-refractivity contribution is 0.102. The van der Waals surface area contributed by atoms with Crippen LogP contribution in [0.3, 0.4) is 0 Å². The second kappa shape index (κ2) is 8.51. The summed E-state index contributed by atoms with van der Waals surface area (Å²) in [7, 11) is 0. The highest BCUT2D eigenvalue weighted by atomic mass is 35.5. The molecule has 3 rings (SSSR count). The Morgan fingerprint density at radius 2 is 1.70 bits per heavy atom. The zero-order valence-corrected chi connectivity index (χ0v) is 15.7. The Morgan fingerprint density at radius 3 is 2.37 bits per heavy atom. The maximum Gasteiger partial charge on any atom is 0.275 e. The van der Waals surface area contributed by atoms with E-state index in [1.54, 1.807) is 24.3 Å². The predicted octanol–water partition coefficient (Wildman–Crippen LogP) is 4.91. The molecule has 0 radical (unpaired) electrons. The van der Waals surface area contributed by atoms with Crippen LogP contribution in [0.5, 0.6) is 5.75 Å². The number of carbonyl (C=O) groups is 1. The molecule has 138 valence electrons. The lowest BCUT2D eigenvalue weighted by Crippen LogP contribution is -2.14. The molecule has 2 aromatic carbocycles. The molecule has 0 unspecified atom stereocenters. The number of para-hydroxylation sites is 3. The van der Waals surface area contributed by atoms with E-state index in [2.05, 4.69) is 20.6 Å². The van der Waals surface area contributed by atoms with Gasteiger partial charge in [0.05, 0.1) is 34.9 Å². The summed E-state index contributed by atoms with van der Waals surface area (Å²) in [5.41, 5.74) is 1.48. The van der Waals surface area contributed by atoms with Crippen LogP contribution in [0, 0.1) is 0 Å². The Labute approximate surface area is 162 Å². The molecule has 6 nitrogen and oxygen atoms in total. The van der Waals surface area contributed by atoms with Gasteiger partial charge in [-0.3, -0.25) is 4.79 Å². The molecule has 7 heteroatoms. The fraction of sp³-hybridized carbons (Fsp3) is 0.150. The minimum absolute atomic E-state index is 0.0508. The molecule has 27 heavy (non-hydrogen) atoms. The summed E-state index contributed by atoms with van der Waals surface area (Å²) < 4.78 is 5.77. The van der Waals surface area contributed by atoms with Gasteiger partial charge in [-0.1, -0.05) is 35.9 Å². The molecule has 0 saturated carbocycles. The molecule has 1 amide bonds. The molecular formula is C20H19ClN4O2. The van der Waals surface area contributed by atoms with Gasteiger partial charge >= 0.3 is 0 Å². The molecule has 3 aromatic rings. The van der Waals surface area contributed by atoms with Gasteiger partial charge < -0.3 is 15.4 Å². The topological polar surface area (TPSA) is 76.1 Å². The third-order valence-electron chi connectivity index (χ3n) is 3.52. The Kier molecular flexibility index (Phi) is 5.88. The average molecular weight is 383 g/mol. The Morgan fingerprint density at radius 1 is 1.00 bits per heavy atom. The Hall–Kier alpha value is -3.12. The van der Waals surface area contributed by atoms with Gasteiger partial charge in [0.2, 0.25) is 0 Å². The van der Waals surface area contributed by atoms with Crippen molar-refractivity contribution in [3.63, 3.8) is 0 Å². The Balaban J connectivity index is 1.71. The van der Waals surface area contributed by atoms with Crippen LogP contribution in [0.15, 0.2) is 60.9 Å². The molecule has 1 aromatic heterocycles. The average Bonchev–Trinajstić information content (AvgIpc) is 2.65. The van der Waals surface area contributed by atoms with E-state index in [1.807, 2.05) is 38.1 Å². The monoisotopic (exact) mass is 382 g/mol. The number of ether oxygens (including phenoxy) is 1. The number of anilines is 3. The van der Waals surface area contributed by atoms with Crippen LogP contribution in [0.2, 0.25) is 5.02 Å². The van der Waals surface area contributed by atoms with E-state index in [1.165, 1.54) is 12.4 Å². The van der Waals surface area contributed by atoms with E-state index in [4.69, 9.17) is 16.3 Å². The van der Waals surface area contributed by atoms with Crippen molar-refractivity contribution in [2.75, 3.05) is 10.6 Å². The smallest absolute Gasteiger partial charge is 0.275 e. The van der Waals surface area contributed by atoms with Gasteiger partial charge in [-0.15, -0.1) is 0 Å². The molecule has 0 atom stereocenters. The minimum atomic E-state index is -0.384. The van der Waals surface area contributed by atoms with Crippen molar-refractivity contribution in [1.82, 2.24) is 9.97 Å². The van der Waals surface area contributed by atoms with Crippen molar-refractivity contribution >= 4 is 34.7 Å². The van der Waals surface area contributed by atoms with Crippen molar-refractivity contribution in [2.24, 2.45) is 0 Å². The second-order valence-corrected chi connectivity index (χ2v) is 6.42. The first-order valence-electron chi connectivity index (χ1n) is 8.43. The number of aromatic nitrogens is 2. The first kappa shape index (κ1) is 18.7. The maximum atomic E-state index is 12.3. The highest BCUT2D eigenvalue weighted by Crippen LogP contribution is 2.27. The largest absolute Gasteiger partial charge is 0.489 e. The van der Waals surface area contributed by atoms with E-state index in [9.17, 15) is 4.79 Å². The number of rotatable bonds is 6. The first-order chi connectivity index (χ1) is 13.0. The summed E-state index contributed by atoms with van der Waals surface area (Å²) >= 11 is 6.05. The zero-order valence-electron chi connectivity index (χ0n) is 14.9. The quantitative estimate of drug-likeness (QED) is 0.633. The molecule has 0 fully saturated rings. The molecular weight excluding hydrogens is 364 g/mol. The van der Waals surface area contributed by atoms with Gasteiger partial charge in [0.1, 0.15) is 17.3 Å². The van der Waals surface area contributed by atoms with E-state index in [0.29, 0.717) is 16.5 Å². The van der Waals surface area contributed by atoms with Crippen molar-refractivity contribution in [3.8, 4) is 5.75 Å². The number of nitrogens with one attached hydrogen (secondary N) is 2. The molecule has 0 aliphatic rings. The van der Waals surface area contributed by atoms with Crippen LogP contribution in [-0.4, -0.2) is 22.0 Å². The van der Waals surface area contributed by atoms with Crippen molar-refractivity contribution in [1.29, 1.82) is 0 Å². The predicted molar refractivity (Wildman–Crippen MR) is 107 cm³/mol. The van der Waals surface area contributed by atoms with Gasteiger partial charge in [0.15, 0.2) is 0 Å². The summed E-state index contributed by atoms with van der Waals surface area (Å²) in [6, 6.07) is 14.6. The number of benzene rings is 2. The highest BCUT2D eigenvalue weighted by molar-refractivity contribution is 6.33. The van der Waals surface area contributed by atoms with Crippen LogP contribution >= 0.6 is 11.6 Å². The van der Waals surface area contributed by atoms with Crippen molar-refractivity contribution in [2.45, 2.75) is 20.0 Å². The molecule has 0 saturated heterocycles. The summed E-state index contributed by atoms with van der Waals surface area (Å²) in [6.07, 6.45) is 2.95. The zero-order chi connectivity index (χ0) is 19.2. The van der Waals surface area contributed by atoms with E-state index >= 15 is 0 Å². The van der Waals surface area contributed by atoms with Crippen LogP contribution < -0.4 is 15.4 Å². The fourth-order valence-corrected chi connectivity index (χ4v) is 2.51. The van der Waals surface area contributed by atoms with E-state index < -0.39 is 0 Å². The Bertz CT molecular complexity index is 929. The van der Waals surface area contributed by atoms with Crippen molar-refractivity contribution < 1.29 is 9.53 Å². The molecule has 0 spiro atoms. The maximum absolute atomic E-state index is 12.3. The van der Waals surface area contributed by atoms with E-state index in [-0.39, 0.29) is 17.7 Å². The van der Waals surface area contributed by atoms with Crippen LogP contribution in [0.1, 0.15) is 24.3 Å². The molecule has 0 bridgehead atoms. The second-order valence-electron chi connectivity index (χ2n) is 6.01. The van der Waals surface area contributed by atoms with Crippen LogP contribution in [-0.2, 0) is 0 Å². The third kappa shape index (κ3) is 4.95. The third-order valence-corrected chi connectivity index (χ3v) is 3.85. The summed E-state index contributed by atoms with van der Waals surface area (Å²) in [6.45, 7) is 3.92. The molecule has 2 N–H and O–H groups in total. The summed E-state index contributed by atoms with van der Waals surface area (Å²) in [5, 5.41) is 6.32.